The number of hydrogen-bond donors (Lipinski definition) is 1. The van der Waals surface area contributed by atoms with E-state index in [4.69, 9.17) is 10.5 Å². The summed E-state index contributed by atoms with van der Waals surface area (Å²) < 4.78 is 6.56. The van der Waals surface area contributed by atoms with E-state index in [1.165, 1.54) is 0 Å². The van der Waals surface area contributed by atoms with Crippen LogP contribution in [0, 0.1) is 0 Å². The van der Waals surface area contributed by atoms with Gasteiger partial charge < -0.3 is 10.5 Å². The number of thioether (sulfide) groups is 1. The predicted octanol–water partition coefficient (Wildman–Crippen LogP) is 0.544. The van der Waals surface area contributed by atoms with E-state index >= 15 is 0 Å². The standard InChI is InChI=1S/C10H17N3O2S/c1-3-15-10(14)9(11)7-16-6-8-4-5-13(2)12-8/h4-5,9H,3,6-7,11H2,1-2H3. The molecule has 1 heterocycles. The van der Waals surface area contributed by atoms with Crippen molar-refractivity contribution in [3.63, 3.8) is 0 Å². The molecule has 0 amide bonds. The van der Waals surface area contributed by atoms with Gasteiger partial charge in [-0.1, -0.05) is 0 Å². The molecule has 1 unspecified atom stereocenters. The zero-order valence-electron chi connectivity index (χ0n) is 9.55. The van der Waals surface area contributed by atoms with Gasteiger partial charge in [0, 0.05) is 24.8 Å². The monoisotopic (exact) mass is 243 g/mol. The number of ether oxygens (including phenoxy) is 1. The van der Waals surface area contributed by atoms with Gasteiger partial charge in [0.25, 0.3) is 0 Å². The van der Waals surface area contributed by atoms with Crippen molar-refractivity contribution in [3.8, 4) is 0 Å². The molecule has 6 heteroatoms. The smallest absolute Gasteiger partial charge is 0.323 e. The number of esters is 1. The van der Waals surface area contributed by atoms with Crippen molar-refractivity contribution in [2.45, 2.75) is 18.7 Å². The molecule has 5 nitrogen and oxygen atoms in total. The number of aryl methyl sites for hydroxylation is 1. The SMILES string of the molecule is CCOC(=O)C(N)CSCc1ccn(C)n1. The summed E-state index contributed by atoms with van der Waals surface area (Å²) in [5, 5.41) is 4.23. The third kappa shape index (κ3) is 4.24. The van der Waals surface area contributed by atoms with E-state index < -0.39 is 6.04 Å². The summed E-state index contributed by atoms with van der Waals surface area (Å²) in [5.74, 6) is 0.972. The van der Waals surface area contributed by atoms with Gasteiger partial charge in [0.2, 0.25) is 0 Å². The summed E-state index contributed by atoms with van der Waals surface area (Å²) in [6.07, 6.45) is 1.89. The van der Waals surface area contributed by atoms with E-state index in [1.54, 1.807) is 23.4 Å². The zero-order chi connectivity index (χ0) is 12.0. The molecule has 0 spiro atoms. The van der Waals surface area contributed by atoms with Crippen molar-refractivity contribution in [2.75, 3.05) is 12.4 Å². The number of aromatic nitrogens is 2. The maximum Gasteiger partial charge on any atom is 0.323 e. The lowest BCUT2D eigenvalue weighted by molar-refractivity contribution is -0.144. The Morgan fingerprint density at radius 1 is 1.75 bits per heavy atom. The molecule has 0 aliphatic carbocycles. The Kier molecular flexibility index (Phi) is 5.34. The summed E-state index contributed by atoms with van der Waals surface area (Å²) in [6.45, 7) is 2.14. The quantitative estimate of drug-likeness (QED) is 0.739. The first-order chi connectivity index (χ1) is 7.63. The van der Waals surface area contributed by atoms with Crippen molar-refractivity contribution < 1.29 is 9.53 Å². The highest BCUT2D eigenvalue weighted by Gasteiger charge is 2.14. The lowest BCUT2D eigenvalue weighted by Gasteiger charge is -2.09. The molecule has 0 saturated carbocycles. The molecular weight excluding hydrogens is 226 g/mol. The number of hydrogen-bond acceptors (Lipinski definition) is 5. The Balaban J connectivity index is 2.22. The Labute approximate surface area is 99.3 Å². The third-order valence-electron chi connectivity index (χ3n) is 1.91. The van der Waals surface area contributed by atoms with Gasteiger partial charge in [0.15, 0.2) is 0 Å². The zero-order valence-corrected chi connectivity index (χ0v) is 10.4. The summed E-state index contributed by atoms with van der Waals surface area (Å²) >= 11 is 1.58. The van der Waals surface area contributed by atoms with E-state index in [-0.39, 0.29) is 5.97 Å². The molecule has 0 saturated heterocycles. The van der Waals surface area contributed by atoms with Crippen molar-refractivity contribution in [2.24, 2.45) is 12.8 Å². The van der Waals surface area contributed by atoms with Crippen LogP contribution < -0.4 is 5.73 Å². The van der Waals surface area contributed by atoms with Gasteiger partial charge in [0.1, 0.15) is 6.04 Å². The minimum Gasteiger partial charge on any atom is -0.465 e. The van der Waals surface area contributed by atoms with Crippen molar-refractivity contribution in [1.82, 2.24) is 9.78 Å². The van der Waals surface area contributed by atoms with Crippen LogP contribution in [0.15, 0.2) is 12.3 Å². The summed E-state index contributed by atoms with van der Waals surface area (Å²) in [7, 11) is 1.87. The van der Waals surface area contributed by atoms with Crippen LogP contribution in [-0.2, 0) is 22.3 Å². The third-order valence-corrected chi connectivity index (χ3v) is 3.00. The van der Waals surface area contributed by atoms with Gasteiger partial charge in [-0.15, -0.1) is 0 Å². The van der Waals surface area contributed by atoms with Crippen molar-refractivity contribution >= 4 is 17.7 Å². The highest BCUT2D eigenvalue weighted by atomic mass is 32.2. The highest BCUT2D eigenvalue weighted by molar-refractivity contribution is 7.98. The van der Waals surface area contributed by atoms with Gasteiger partial charge in [-0.25, -0.2) is 0 Å². The topological polar surface area (TPSA) is 70.1 Å². The van der Waals surface area contributed by atoms with Crippen molar-refractivity contribution in [1.29, 1.82) is 0 Å². The van der Waals surface area contributed by atoms with Gasteiger partial charge in [-0.05, 0) is 13.0 Å². The lowest BCUT2D eigenvalue weighted by Crippen LogP contribution is -2.34. The van der Waals surface area contributed by atoms with E-state index in [9.17, 15) is 4.79 Å². The lowest BCUT2D eigenvalue weighted by atomic mass is 10.4. The highest BCUT2D eigenvalue weighted by Crippen LogP contribution is 2.10. The average Bonchev–Trinajstić information content (AvgIpc) is 2.64. The maximum atomic E-state index is 11.2. The molecule has 0 aliphatic heterocycles. The molecule has 0 aliphatic rings. The van der Waals surface area contributed by atoms with E-state index in [0.717, 1.165) is 11.4 Å². The Morgan fingerprint density at radius 3 is 3.06 bits per heavy atom. The average molecular weight is 243 g/mol. The van der Waals surface area contributed by atoms with Crippen LogP contribution in [0.1, 0.15) is 12.6 Å². The Morgan fingerprint density at radius 2 is 2.50 bits per heavy atom. The Hall–Kier alpha value is -1.01. The van der Waals surface area contributed by atoms with Crippen LogP contribution in [0.2, 0.25) is 0 Å². The normalized spacial score (nSPS) is 12.4. The molecule has 1 aromatic heterocycles. The molecule has 1 atom stereocenters. The fourth-order valence-corrected chi connectivity index (χ4v) is 2.02. The Bertz CT molecular complexity index is 341. The number of nitrogens with zero attached hydrogens (tertiary/aromatic N) is 2. The van der Waals surface area contributed by atoms with Crippen LogP contribution in [0.4, 0.5) is 0 Å². The first kappa shape index (κ1) is 13.1. The van der Waals surface area contributed by atoms with Crippen LogP contribution in [-0.4, -0.2) is 34.2 Å². The second kappa shape index (κ2) is 6.55. The number of carbonyl (C=O) groups excluding carboxylic acids is 1. The van der Waals surface area contributed by atoms with Crippen LogP contribution in [0.3, 0.4) is 0 Å². The molecule has 16 heavy (non-hydrogen) atoms. The molecule has 1 rings (SSSR count). The largest absolute Gasteiger partial charge is 0.465 e. The summed E-state index contributed by atoms with van der Waals surface area (Å²) in [4.78, 5) is 11.2. The summed E-state index contributed by atoms with van der Waals surface area (Å²) in [6, 6.07) is 1.40. The van der Waals surface area contributed by atoms with Crippen LogP contribution >= 0.6 is 11.8 Å². The molecule has 0 bridgehead atoms. The van der Waals surface area contributed by atoms with E-state index in [0.29, 0.717) is 12.4 Å². The first-order valence-electron chi connectivity index (χ1n) is 5.12. The van der Waals surface area contributed by atoms with Crippen LogP contribution in [0.5, 0.6) is 0 Å². The molecule has 0 fully saturated rings. The molecule has 90 valence electrons. The second-order valence-electron chi connectivity index (χ2n) is 3.35. The minimum atomic E-state index is -0.548. The first-order valence-corrected chi connectivity index (χ1v) is 6.27. The number of rotatable bonds is 6. The predicted molar refractivity (Wildman–Crippen MR) is 64.0 cm³/mol. The molecule has 1 aromatic rings. The van der Waals surface area contributed by atoms with Gasteiger partial charge >= 0.3 is 5.97 Å². The molecule has 0 radical (unpaired) electrons. The number of nitrogens with two attached hydrogens (primary N) is 1. The van der Waals surface area contributed by atoms with Gasteiger partial charge in [-0.2, -0.15) is 16.9 Å². The second-order valence-corrected chi connectivity index (χ2v) is 4.38. The molecule has 2 N–H and O–H groups in total. The summed E-state index contributed by atoms with van der Waals surface area (Å²) in [5.41, 5.74) is 6.64. The maximum absolute atomic E-state index is 11.2. The van der Waals surface area contributed by atoms with Gasteiger partial charge in [0.05, 0.1) is 12.3 Å². The van der Waals surface area contributed by atoms with Crippen molar-refractivity contribution in [3.05, 3.63) is 18.0 Å². The molecular formula is C10H17N3O2S. The fraction of sp³-hybridized carbons (Fsp3) is 0.600. The fourth-order valence-electron chi connectivity index (χ4n) is 1.15. The van der Waals surface area contributed by atoms with E-state index in [2.05, 4.69) is 5.10 Å². The van der Waals surface area contributed by atoms with Gasteiger partial charge in [-0.3, -0.25) is 9.48 Å². The van der Waals surface area contributed by atoms with Crippen LogP contribution in [0.25, 0.3) is 0 Å². The molecule has 0 aromatic carbocycles. The van der Waals surface area contributed by atoms with E-state index in [1.807, 2.05) is 19.3 Å². The minimum absolute atomic E-state index is 0.337. The number of carbonyl (C=O) groups is 1.